The molecule has 0 fully saturated rings. The van der Waals surface area contributed by atoms with Crippen molar-refractivity contribution in [2.75, 3.05) is 12.5 Å². The summed E-state index contributed by atoms with van der Waals surface area (Å²) in [5, 5.41) is 13.1. The lowest BCUT2D eigenvalue weighted by atomic mass is 11.2. The molecule has 0 aromatic carbocycles. The summed E-state index contributed by atoms with van der Waals surface area (Å²) >= 11 is 4.74. The molecule has 64 valence electrons. The standard InChI is InChI=1S/C5H6N4S3/c1-10-3-6-7-4-9(3)8-5(11-2)12-4/h1-2H3. The molecular formula is C5H6N4S3. The van der Waals surface area contributed by atoms with Crippen LogP contribution in [0.3, 0.4) is 0 Å². The number of rotatable bonds is 2. The number of nitrogens with zero attached hydrogens (tertiary/aromatic N) is 4. The zero-order chi connectivity index (χ0) is 8.55. The van der Waals surface area contributed by atoms with Gasteiger partial charge in [0, 0.05) is 0 Å². The van der Waals surface area contributed by atoms with Crippen LogP contribution in [0.5, 0.6) is 0 Å². The van der Waals surface area contributed by atoms with Gasteiger partial charge in [0.15, 0.2) is 4.34 Å². The Labute approximate surface area is 81.8 Å². The highest BCUT2D eigenvalue weighted by Gasteiger charge is 2.09. The van der Waals surface area contributed by atoms with Gasteiger partial charge < -0.3 is 0 Å². The van der Waals surface area contributed by atoms with Crippen molar-refractivity contribution in [2.24, 2.45) is 0 Å². The minimum absolute atomic E-state index is 0.849. The Morgan fingerprint density at radius 3 is 2.75 bits per heavy atom. The summed E-state index contributed by atoms with van der Waals surface area (Å²) in [7, 11) is 0. The summed E-state index contributed by atoms with van der Waals surface area (Å²) in [6, 6.07) is 0. The molecule has 4 nitrogen and oxygen atoms in total. The quantitative estimate of drug-likeness (QED) is 0.717. The van der Waals surface area contributed by atoms with Crippen molar-refractivity contribution in [1.82, 2.24) is 19.8 Å². The SMILES string of the molecule is CSc1nn2c(SC)nnc2s1. The van der Waals surface area contributed by atoms with Crippen LogP contribution in [0.1, 0.15) is 0 Å². The van der Waals surface area contributed by atoms with E-state index in [2.05, 4.69) is 15.3 Å². The lowest BCUT2D eigenvalue weighted by Gasteiger charge is -1.85. The van der Waals surface area contributed by atoms with Crippen molar-refractivity contribution in [3.63, 3.8) is 0 Å². The Hall–Kier alpha value is -0.270. The monoisotopic (exact) mass is 218 g/mol. The van der Waals surface area contributed by atoms with Gasteiger partial charge >= 0.3 is 0 Å². The maximum absolute atomic E-state index is 4.31. The third-order valence-corrected chi connectivity index (χ3v) is 3.79. The first kappa shape index (κ1) is 8.33. The molecule has 12 heavy (non-hydrogen) atoms. The van der Waals surface area contributed by atoms with Gasteiger partial charge in [0.2, 0.25) is 10.1 Å². The van der Waals surface area contributed by atoms with Crippen molar-refractivity contribution in [1.29, 1.82) is 0 Å². The van der Waals surface area contributed by atoms with Crippen LogP contribution in [-0.4, -0.2) is 32.3 Å². The fourth-order valence-electron chi connectivity index (χ4n) is 0.791. The highest BCUT2D eigenvalue weighted by molar-refractivity contribution is 8.00. The van der Waals surface area contributed by atoms with E-state index in [9.17, 15) is 0 Å². The molecule has 0 spiro atoms. The average molecular weight is 218 g/mol. The van der Waals surface area contributed by atoms with E-state index in [0.717, 1.165) is 14.5 Å². The van der Waals surface area contributed by atoms with Crippen molar-refractivity contribution in [3.8, 4) is 0 Å². The van der Waals surface area contributed by atoms with E-state index in [1.165, 1.54) is 0 Å². The second kappa shape index (κ2) is 3.23. The predicted molar refractivity (Wildman–Crippen MR) is 52.2 cm³/mol. The highest BCUT2D eigenvalue weighted by atomic mass is 32.2. The van der Waals surface area contributed by atoms with E-state index in [1.807, 2.05) is 12.5 Å². The van der Waals surface area contributed by atoms with E-state index >= 15 is 0 Å². The van der Waals surface area contributed by atoms with Crippen LogP contribution >= 0.6 is 34.9 Å². The Kier molecular flexibility index (Phi) is 2.24. The minimum atomic E-state index is 0.849. The second-order valence-corrected chi connectivity index (χ2v) is 4.74. The van der Waals surface area contributed by atoms with Crippen LogP contribution in [0.25, 0.3) is 4.96 Å². The Morgan fingerprint density at radius 1 is 1.25 bits per heavy atom. The summed E-state index contributed by atoms with van der Waals surface area (Å²) in [6.45, 7) is 0. The van der Waals surface area contributed by atoms with Crippen LogP contribution in [0.4, 0.5) is 0 Å². The number of hydrogen-bond donors (Lipinski definition) is 0. The van der Waals surface area contributed by atoms with E-state index in [4.69, 9.17) is 0 Å². The van der Waals surface area contributed by atoms with Gasteiger partial charge in [0.25, 0.3) is 0 Å². The van der Waals surface area contributed by atoms with Crippen molar-refractivity contribution < 1.29 is 0 Å². The Morgan fingerprint density at radius 2 is 2.08 bits per heavy atom. The first-order valence-corrected chi connectivity index (χ1v) is 6.42. The molecule has 2 rings (SSSR count). The van der Waals surface area contributed by atoms with Crippen molar-refractivity contribution in [3.05, 3.63) is 0 Å². The summed E-state index contributed by atoms with van der Waals surface area (Å²) in [6.07, 6.45) is 3.97. The van der Waals surface area contributed by atoms with Crippen molar-refractivity contribution >= 4 is 39.8 Å². The molecule has 0 amide bonds. The van der Waals surface area contributed by atoms with Gasteiger partial charge in [0.05, 0.1) is 0 Å². The topological polar surface area (TPSA) is 43.1 Å². The summed E-state index contributed by atoms with van der Waals surface area (Å²) in [4.78, 5) is 0.865. The van der Waals surface area contributed by atoms with Crippen LogP contribution in [0.15, 0.2) is 9.50 Å². The van der Waals surface area contributed by atoms with E-state index < -0.39 is 0 Å². The van der Waals surface area contributed by atoms with Crippen molar-refractivity contribution in [2.45, 2.75) is 9.50 Å². The number of thioether (sulfide) groups is 2. The summed E-state index contributed by atoms with van der Waals surface area (Å²) in [5.41, 5.74) is 0. The van der Waals surface area contributed by atoms with Crippen LogP contribution in [0.2, 0.25) is 0 Å². The minimum Gasteiger partial charge on any atom is -0.176 e. The molecule has 2 heterocycles. The molecule has 2 aromatic rings. The lowest BCUT2D eigenvalue weighted by Crippen LogP contribution is -1.86. The first-order chi connectivity index (χ1) is 5.85. The highest BCUT2D eigenvalue weighted by Crippen LogP contribution is 2.24. The van der Waals surface area contributed by atoms with Gasteiger partial charge in [0.1, 0.15) is 0 Å². The zero-order valence-electron chi connectivity index (χ0n) is 6.51. The number of hydrogen-bond acceptors (Lipinski definition) is 6. The molecule has 0 aliphatic carbocycles. The third-order valence-electron chi connectivity index (χ3n) is 1.30. The van der Waals surface area contributed by atoms with Crippen LogP contribution in [0, 0.1) is 0 Å². The fraction of sp³-hybridized carbons (Fsp3) is 0.400. The van der Waals surface area contributed by atoms with Gasteiger partial charge in [-0.25, -0.2) is 0 Å². The van der Waals surface area contributed by atoms with E-state index in [0.29, 0.717) is 0 Å². The predicted octanol–water partition coefficient (Wildman–Crippen LogP) is 1.63. The van der Waals surface area contributed by atoms with Gasteiger partial charge in [-0.3, -0.25) is 0 Å². The molecule has 0 aliphatic rings. The van der Waals surface area contributed by atoms with E-state index in [-0.39, 0.29) is 0 Å². The van der Waals surface area contributed by atoms with Gasteiger partial charge in [-0.1, -0.05) is 34.9 Å². The molecule has 0 N–H and O–H groups in total. The number of fused-ring (bicyclic) bond motifs is 1. The van der Waals surface area contributed by atoms with E-state index in [1.54, 1.807) is 39.4 Å². The zero-order valence-corrected chi connectivity index (χ0v) is 8.96. The molecule has 0 unspecified atom stereocenters. The molecule has 2 aromatic heterocycles. The molecule has 0 saturated heterocycles. The number of aromatic nitrogens is 4. The average Bonchev–Trinajstić information content (AvgIpc) is 2.61. The molecule has 0 saturated carbocycles. The third kappa shape index (κ3) is 1.21. The molecule has 0 aliphatic heterocycles. The second-order valence-electron chi connectivity index (χ2n) is 1.95. The molecule has 0 atom stereocenters. The normalized spacial score (nSPS) is 11.2. The molecule has 7 heteroatoms. The van der Waals surface area contributed by atoms with Crippen LogP contribution in [-0.2, 0) is 0 Å². The Balaban J connectivity index is 2.60. The maximum atomic E-state index is 4.31. The fourth-order valence-corrected chi connectivity index (χ4v) is 2.57. The van der Waals surface area contributed by atoms with Gasteiger partial charge in [-0.2, -0.15) is 4.52 Å². The molecule has 0 bridgehead atoms. The lowest BCUT2D eigenvalue weighted by molar-refractivity contribution is 0.795. The summed E-state index contributed by atoms with van der Waals surface area (Å²) in [5.74, 6) is 0. The van der Waals surface area contributed by atoms with Crippen LogP contribution < -0.4 is 0 Å². The molecule has 0 radical (unpaired) electrons. The first-order valence-electron chi connectivity index (χ1n) is 3.15. The summed E-state index contributed by atoms with van der Waals surface area (Å²) < 4.78 is 2.80. The van der Waals surface area contributed by atoms with Gasteiger partial charge in [-0.05, 0) is 12.5 Å². The largest absolute Gasteiger partial charge is 0.236 e. The maximum Gasteiger partial charge on any atom is 0.236 e. The molecular weight excluding hydrogens is 212 g/mol. The smallest absolute Gasteiger partial charge is 0.176 e. The van der Waals surface area contributed by atoms with Gasteiger partial charge in [-0.15, -0.1) is 15.3 Å². The Bertz CT molecular complexity index is 392.